The van der Waals surface area contributed by atoms with Crippen molar-refractivity contribution in [3.8, 4) is 0 Å². The lowest BCUT2D eigenvalue weighted by Gasteiger charge is -2.13. The van der Waals surface area contributed by atoms with Crippen LogP contribution in [0, 0.1) is 19.7 Å². The third kappa shape index (κ3) is 4.41. The minimum Gasteiger partial charge on any atom is -0.324 e. The number of hydrogen-bond donors (Lipinski definition) is 2. The zero-order valence-electron chi connectivity index (χ0n) is 19.4. The van der Waals surface area contributed by atoms with Crippen molar-refractivity contribution in [2.75, 3.05) is 15.5 Å². The molecule has 0 saturated carbocycles. The summed E-state index contributed by atoms with van der Waals surface area (Å²) >= 11 is 0. The van der Waals surface area contributed by atoms with Crippen molar-refractivity contribution in [2.45, 2.75) is 13.8 Å². The Bertz CT molecular complexity index is 1510. The van der Waals surface area contributed by atoms with E-state index in [1.807, 2.05) is 26.0 Å². The Labute approximate surface area is 205 Å². The summed E-state index contributed by atoms with van der Waals surface area (Å²) in [6.45, 7) is 3.76. The van der Waals surface area contributed by atoms with Crippen LogP contribution < -0.4 is 15.5 Å². The number of imide groups is 1. The molecule has 36 heavy (non-hydrogen) atoms. The van der Waals surface area contributed by atoms with Gasteiger partial charge in [0.2, 0.25) is 5.95 Å². The highest BCUT2D eigenvalue weighted by Crippen LogP contribution is 2.29. The number of anilines is 4. The van der Waals surface area contributed by atoms with Crippen molar-refractivity contribution in [1.29, 1.82) is 0 Å². The number of fused-ring (bicyclic) bond motifs is 1. The van der Waals surface area contributed by atoms with E-state index in [0.29, 0.717) is 17.3 Å². The average Bonchev–Trinajstić information content (AvgIpc) is 3.08. The Kier molecular flexibility index (Phi) is 5.73. The number of amides is 3. The molecule has 4 aromatic rings. The van der Waals surface area contributed by atoms with Gasteiger partial charge in [-0.1, -0.05) is 6.07 Å². The van der Waals surface area contributed by atoms with Gasteiger partial charge in [0.05, 0.1) is 16.8 Å². The Balaban J connectivity index is 1.34. The molecule has 0 unspecified atom stereocenters. The van der Waals surface area contributed by atoms with Gasteiger partial charge in [0, 0.05) is 28.3 Å². The number of benzene rings is 3. The highest BCUT2D eigenvalue weighted by Gasteiger charge is 2.37. The molecule has 2 N–H and O–H groups in total. The molecule has 3 aromatic carbocycles. The van der Waals surface area contributed by atoms with Gasteiger partial charge in [0.25, 0.3) is 17.7 Å². The van der Waals surface area contributed by atoms with Crippen LogP contribution >= 0.6 is 0 Å². The summed E-state index contributed by atoms with van der Waals surface area (Å²) in [5.41, 5.74) is 3.62. The maximum absolute atomic E-state index is 13.3. The molecule has 5 rings (SSSR count). The second-order valence-electron chi connectivity index (χ2n) is 8.32. The van der Waals surface area contributed by atoms with Crippen molar-refractivity contribution < 1.29 is 18.8 Å². The second kappa shape index (κ2) is 9.03. The van der Waals surface area contributed by atoms with Gasteiger partial charge in [0.15, 0.2) is 0 Å². The lowest BCUT2D eigenvalue weighted by Crippen LogP contribution is -2.29. The number of nitrogens with zero attached hydrogens (tertiary/aromatic N) is 3. The van der Waals surface area contributed by atoms with Gasteiger partial charge in [-0.05, 0) is 80.6 Å². The van der Waals surface area contributed by atoms with Gasteiger partial charge in [0.1, 0.15) is 5.82 Å². The van der Waals surface area contributed by atoms with Crippen molar-refractivity contribution in [3.05, 3.63) is 107 Å². The molecule has 0 atom stereocenters. The van der Waals surface area contributed by atoms with Crippen LogP contribution in [0.25, 0.3) is 0 Å². The summed E-state index contributed by atoms with van der Waals surface area (Å²) in [4.78, 5) is 48.4. The predicted octanol–water partition coefficient (Wildman–Crippen LogP) is 5.03. The average molecular weight is 481 g/mol. The minimum absolute atomic E-state index is 0.111. The molecular formula is C27H20FN5O3. The van der Waals surface area contributed by atoms with E-state index in [0.717, 1.165) is 16.3 Å². The summed E-state index contributed by atoms with van der Waals surface area (Å²) < 4.78 is 13.3. The van der Waals surface area contributed by atoms with E-state index in [-0.39, 0.29) is 22.4 Å². The molecular weight excluding hydrogens is 461 g/mol. The van der Waals surface area contributed by atoms with E-state index in [1.54, 1.807) is 18.2 Å². The highest BCUT2D eigenvalue weighted by molar-refractivity contribution is 6.34. The van der Waals surface area contributed by atoms with E-state index >= 15 is 0 Å². The lowest BCUT2D eigenvalue weighted by molar-refractivity contribution is 0.0925. The first kappa shape index (κ1) is 22.9. The normalized spacial score (nSPS) is 12.5. The molecule has 2 heterocycles. The number of aryl methyl sites for hydroxylation is 2. The zero-order valence-corrected chi connectivity index (χ0v) is 19.4. The summed E-state index contributed by atoms with van der Waals surface area (Å²) in [6.07, 6.45) is 0. The van der Waals surface area contributed by atoms with Crippen LogP contribution in [0.5, 0.6) is 0 Å². The summed E-state index contributed by atoms with van der Waals surface area (Å²) in [5, 5.41) is 5.93. The fraction of sp³-hybridized carbons (Fsp3) is 0.0741. The van der Waals surface area contributed by atoms with Crippen LogP contribution in [-0.2, 0) is 0 Å². The monoisotopic (exact) mass is 481 g/mol. The SMILES string of the molecule is Cc1cc(C)nc(Nc2cccc(NC(=O)c3ccc4c(c3)C(=O)N(c3ccc(F)cc3)C4=O)c2)n1. The molecule has 0 bridgehead atoms. The van der Waals surface area contributed by atoms with E-state index in [9.17, 15) is 18.8 Å². The summed E-state index contributed by atoms with van der Waals surface area (Å²) in [5.74, 6) is -1.58. The Hall–Kier alpha value is -4.92. The third-order valence-corrected chi connectivity index (χ3v) is 5.59. The number of carbonyl (C=O) groups is 3. The van der Waals surface area contributed by atoms with Crippen LogP contribution in [0.2, 0.25) is 0 Å². The Morgan fingerprint density at radius 2 is 1.47 bits per heavy atom. The molecule has 0 spiro atoms. The second-order valence-corrected chi connectivity index (χ2v) is 8.32. The predicted molar refractivity (Wildman–Crippen MR) is 133 cm³/mol. The van der Waals surface area contributed by atoms with Crippen LogP contribution in [0.3, 0.4) is 0 Å². The maximum atomic E-state index is 13.3. The molecule has 0 aliphatic carbocycles. The largest absolute Gasteiger partial charge is 0.324 e. The summed E-state index contributed by atoms with van der Waals surface area (Å²) in [6, 6.07) is 18.3. The number of halogens is 1. The van der Waals surface area contributed by atoms with Crippen molar-refractivity contribution in [1.82, 2.24) is 9.97 Å². The molecule has 1 aromatic heterocycles. The van der Waals surface area contributed by atoms with Crippen LogP contribution in [0.1, 0.15) is 42.5 Å². The highest BCUT2D eigenvalue weighted by atomic mass is 19.1. The third-order valence-electron chi connectivity index (χ3n) is 5.59. The van der Waals surface area contributed by atoms with Gasteiger partial charge < -0.3 is 10.6 Å². The van der Waals surface area contributed by atoms with Gasteiger partial charge in [-0.25, -0.2) is 19.3 Å². The van der Waals surface area contributed by atoms with Crippen LogP contribution in [0.4, 0.5) is 27.4 Å². The fourth-order valence-corrected chi connectivity index (χ4v) is 4.00. The number of carbonyl (C=O) groups excluding carboxylic acids is 3. The van der Waals surface area contributed by atoms with Gasteiger partial charge in [-0.2, -0.15) is 0 Å². The fourth-order valence-electron chi connectivity index (χ4n) is 4.00. The quantitative estimate of drug-likeness (QED) is 0.388. The van der Waals surface area contributed by atoms with Gasteiger partial charge in [-0.15, -0.1) is 0 Å². The molecule has 0 radical (unpaired) electrons. The first-order valence-corrected chi connectivity index (χ1v) is 11.1. The number of rotatable bonds is 5. The van der Waals surface area contributed by atoms with Crippen molar-refractivity contribution in [2.24, 2.45) is 0 Å². The first-order chi connectivity index (χ1) is 17.3. The van der Waals surface area contributed by atoms with Crippen molar-refractivity contribution in [3.63, 3.8) is 0 Å². The van der Waals surface area contributed by atoms with Crippen molar-refractivity contribution >= 4 is 40.7 Å². The molecule has 1 aliphatic rings. The zero-order chi connectivity index (χ0) is 25.4. The molecule has 3 amide bonds. The molecule has 1 aliphatic heterocycles. The molecule has 8 nitrogen and oxygen atoms in total. The standard InChI is InChI=1S/C27H20FN5O3/c1-15-12-16(2)30-27(29-15)32-20-5-3-4-19(14-20)31-24(34)17-6-11-22-23(13-17)26(36)33(25(22)35)21-9-7-18(28)8-10-21/h3-14H,1-2H3,(H,31,34)(H,29,30,32). The molecule has 0 saturated heterocycles. The topological polar surface area (TPSA) is 104 Å². The van der Waals surface area contributed by atoms with Gasteiger partial charge >= 0.3 is 0 Å². The maximum Gasteiger partial charge on any atom is 0.266 e. The molecule has 9 heteroatoms. The smallest absolute Gasteiger partial charge is 0.266 e. The first-order valence-electron chi connectivity index (χ1n) is 11.1. The number of hydrogen-bond acceptors (Lipinski definition) is 6. The van der Waals surface area contributed by atoms with E-state index in [2.05, 4.69) is 20.6 Å². The van der Waals surface area contributed by atoms with E-state index < -0.39 is 23.5 Å². The minimum atomic E-state index is -0.573. The molecule has 0 fully saturated rings. The Morgan fingerprint density at radius 1 is 0.806 bits per heavy atom. The number of aromatic nitrogens is 2. The molecule has 178 valence electrons. The van der Waals surface area contributed by atoms with Gasteiger partial charge in [-0.3, -0.25) is 14.4 Å². The van der Waals surface area contributed by atoms with E-state index in [4.69, 9.17) is 0 Å². The van der Waals surface area contributed by atoms with Crippen LogP contribution in [-0.4, -0.2) is 27.7 Å². The number of nitrogens with one attached hydrogen (secondary N) is 2. The van der Waals surface area contributed by atoms with Crippen LogP contribution in [0.15, 0.2) is 72.8 Å². The lowest BCUT2D eigenvalue weighted by atomic mass is 10.1. The Morgan fingerprint density at radius 3 is 2.19 bits per heavy atom. The van der Waals surface area contributed by atoms with E-state index in [1.165, 1.54) is 42.5 Å². The summed E-state index contributed by atoms with van der Waals surface area (Å²) in [7, 11) is 0.